The number of aromatic amines is 1. The second kappa shape index (κ2) is 8.64. The van der Waals surface area contributed by atoms with Gasteiger partial charge in [-0.2, -0.15) is 5.26 Å². The van der Waals surface area contributed by atoms with Crippen LogP contribution in [0.3, 0.4) is 0 Å². The van der Waals surface area contributed by atoms with E-state index in [1.165, 1.54) is 12.1 Å². The average molecular weight is 429 g/mol. The molecule has 0 aliphatic heterocycles. The zero-order valence-electron chi connectivity index (χ0n) is 17.7. The number of nitriles is 1. The van der Waals surface area contributed by atoms with Crippen LogP contribution in [0.25, 0.3) is 22.0 Å². The Bertz CT molecular complexity index is 1360. The fraction of sp³-hybridized carbons (Fsp3) is 0.154. The molecule has 0 unspecified atom stereocenters. The third-order valence-corrected chi connectivity index (χ3v) is 5.67. The molecule has 0 aliphatic carbocycles. The molecule has 4 rings (SSSR count). The molecule has 0 saturated heterocycles. The van der Waals surface area contributed by atoms with Gasteiger partial charge in [-0.3, -0.25) is 4.79 Å². The number of hydrogen-bond acceptors (Lipinski definition) is 2. The maximum atomic E-state index is 14.4. The quantitative estimate of drug-likeness (QED) is 0.435. The van der Waals surface area contributed by atoms with Crippen LogP contribution >= 0.6 is 0 Å². The highest BCUT2D eigenvalue weighted by molar-refractivity contribution is 5.95. The Balaban J connectivity index is 1.46. The summed E-state index contributed by atoms with van der Waals surface area (Å²) in [5.74, 6) is -1.11. The Kier molecular flexibility index (Phi) is 5.74. The summed E-state index contributed by atoms with van der Waals surface area (Å²) in [7, 11) is 0. The van der Waals surface area contributed by atoms with Crippen molar-refractivity contribution in [3.05, 3.63) is 94.2 Å². The number of nitrogens with zero attached hydrogens (tertiary/aromatic N) is 1. The predicted molar refractivity (Wildman–Crippen MR) is 120 cm³/mol. The summed E-state index contributed by atoms with van der Waals surface area (Å²) in [6, 6.07) is 16.2. The zero-order chi connectivity index (χ0) is 22.8. The lowest BCUT2D eigenvalue weighted by molar-refractivity contribution is 0.0954. The van der Waals surface area contributed by atoms with Gasteiger partial charge in [-0.1, -0.05) is 30.3 Å². The second-order valence-corrected chi connectivity index (χ2v) is 7.71. The van der Waals surface area contributed by atoms with Gasteiger partial charge in [0.1, 0.15) is 17.7 Å². The standard InChI is InChI=1S/C26H21F2N3O/c1-15-6-11-22(27)25-23(15)20(16(2)31-25)12-13-30-26(32)18-9-7-17(8-10-18)21-5-3-4-19(14-29)24(21)28/h3-11,31H,12-13H2,1-2H3,(H,30,32). The normalized spacial score (nSPS) is 10.8. The number of halogens is 2. The molecule has 1 aromatic heterocycles. The number of hydrogen-bond donors (Lipinski definition) is 2. The lowest BCUT2D eigenvalue weighted by Crippen LogP contribution is -2.25. The van der Waals surface area contributed by atoms with E-state index in [0.717, 1.165) is 22.2 Å². The van der Waals surface area contributed by atoms with Crippen molar-refractivity contribution in [2.75, 3.05) is 6.54 Å². The fourth-order valence-electron chi connectivity index (χ4n) is 4.00. The predicted octanol–water partition coefficient (Wildman–Crippen LogP) is 5.57. The Labute approximate surface area is 184 Å². The van der Waals surface area contributed by atoms with Crippen LogP contribution in [0, 0.1) is 36.8 Å². The van der Waals surface area contributed by atoms with Crippen LogP contribution in [0.5, 0.6) is 0 Å². The molecule has 0 fully saturated rings. The zero-order valence-corrected chi connectivity index (χ0v) is 17.7. The lowest BCUT2D eigenvalue weighted by atomic mass is 10.0. The molecule has 0 bridgehead atoms. The van der Waals surface area contributed by atoms with Crippen LogP contribution in [0.2, 0.25) is 0 Å². The van der Waals surface area contributed by atoms with Crippen molar-refractivity contribution in [1.29, 1.82) is 5.26 Å². The van der Waals surface area contributed by atoms with Crippen molar-refractivity contribution in [2.24, 2.45) is 0 Å². The van der Waals surface area contributed by atoms with Crippen LogP contribution < -0.4 is 5.32 Å². The maximum Gasteiger partial charge on any atom is 0.251 e. The number of carbonyl (C=O) groups excluding carboxylic acids is 1. The van der Waals surface area contributed by atoms with Crippen LogP contribution in [-0.4, -0.2) is 17.4 Å². The van der Waals surface area contributed by atoms with Gasteiger partial charge in [-0.05, 0) is 61.2 Å². The van der Waals surface area contributed by atoms with Crippen LogP contribution in [-0.2, 0) is 6.42 Å². The maximum absolute atomic E-state index is 14.4. The first-order valence-corrected chi connectivity index (χ1v) is 10.2. The molecule has 4 aromatic rings. The monoisotopic (exact) mass is 429 g/mol. The third-order valence-electron chi connectivity index (χ3n) is 5.67. The Hall–Kier alpha value is -3.98. The number of aryl methyl sites for hydroxylation is 2. The van der Waals surface area contributed by atoms with E-state index in [2.05, 4.69) is 10.3 Å². The van der Waals surface area contributed by atoms with E-state index < -0.39 is 5.82 Å². The minimum absolute atomic E-state index is 0.0213. The molecule has 2 N–H and O–H groups in total. The van der Waals surface area contributed by atoms with E-state index in [0.29, 0.717) is 35.2 Å². The van der Waals surface area contributed by atoms with E-state index in [4.69, 9.17) is 5.26 Å². The van der Waals surface area contributed by atoms with Crippen LogP contribution in [0.4, 0.5) is 8.78 Å². The highest BCUT2D eigenvalue weighted by atomic mass is 19.1. The van der Waals surface area contributed by atoms with Crippen molar-refractivity contribution in [3.8, 4) is 17.2 Å². The summed E-state index contributed by atoms with van der Waals surface area (Å²) in [6.45, 7) is 4.23. The molecule has 0 atom stereocenters. The number of benzene rings is 3. The van der Waals surface area contributed by atoms with Gasteiger partial charge in [0.2, 0.25) is 0 Å². The van der Waals surface area contributed by atoms with Crippen molar-refractivity contribution in [2.45, 2.75) is 20.3 Å². The minimum Gasteiger partial charge on any atom is -0.356 e. The second-order valence-electron chi connectivity index (χ2n) is 7.71. The molecular formula is C26H21F2N3O. The number of nitrogens with one attached hydrogen (secondary N) is 2. The van der Waals surface area contributed by atoms with Crippen molar-refractivity contribution in [1.82, 2.24) is 10.3 Å². The average Bonchev–Trinajstić information content (AvgIpc) is 3.14. The molecule has 6 heteroatoms. The fourth-order valence-corrected chi connectivity index (χ4v) is 4.00. The number of carbonyl (C=O) groups is 1. The number of amides is 1. The first kappa shape index (κ1) is 21.3. The van der Waals surface area contributed by atoms with Crippen molar-refractivity contribution >= 4 is 16.8 Å². The molecule has 1 heterocycles. The van der Waals surface area contributed by atoms with E-state index >= 15 is 0 Å². The van der Waals surface area contributed by atoms with E-state index in [-0.39, 0.29) is 17.3 Å². The topological polar surface area (TPSA) is 68.7 Å². The van der Waals surface area contributed by atoms with Crippen molar-refractivity contribution in [3.63, 3.8) is 0 Å². The first-order valence-electron chi connectivity index (χ1n) is 10.2. The van der Waals surface area contributed by atoms with Gasteiger partial charge in [-0.25, -0.2) is 8.78 Å². The number of rotatable bonds is 5. The number of aromatic nitrogens is 1. The molecule has 0 radical (unpaired) electrons. The molecule has 3 aromatic carbocycles. The molecule has 0 spiro atoms. The van der Waals surface area contributed by atoms with Gasteiger partial charge < -0.3 is 10.3 Å². The molecule has 32 heavy (non-hydrogen) atoms. The van der Waals surface area contributed by atoms with E-state index in [1.807, 2.05) is 19.9 Å². The Morgan fingerprint density at radius 2 is 1.81 bits per heavy atom. The summed E-state index contributed by atoms with van der Waals surface area (Å²) >= 11 is 0. The SMILES string of the molecule is Cc1[nH]c2c(F)ccc(C)c2c1CCNC(=O)c1ccc(-c2cccc(C#N)c2F)cc1. The van der Waals surface area contributed by atoms with Crippen LogP contribution in [0.15, 0.2) is 54.6 Å². The molecule has 1 amide bonds. The lowest BCUT2D eigenvalue weighted by Gasteiger charge is -2.08. The molecule has 0 aliphatic rings. The van der Waals surface area contributed by atoms with Gasteiger partial charge in [0.15, 0.2) is 0 Å². The molecule has 0 saturated carbocycles. The van der Waals surface area contributed by atoms with Gasteiger partial charge in [0, 0.05) is 28.8 Å². The van der Waals surface area contributed by atoms with Gasteiger partial charge in [-0.15, -0.1) is 0 Å². The summed E-state index contributed by atoms with van der Waals surface area (Å²) < 4.78 is 28.5. The van der Waals surface area contributed by atoms with E-state index in [9.17, 15) is 13.6 Å². The molecule has 160 valence electrons. The third kappa shape index (κ3) is 3.85. The van der Waals surface area contributed by atoms with E-state index in [1.54, 1.807) is 42.5 Å². The summed E-state index contributed by atoms with van der Waals surface area (Å²) in [5.41, 5.74) is 4.67. The summed E-state index contributed by atoms with van der Waals surface area (Å²) in [5, 5.41) is 12.8. The summed E-state index contributed by atoms with van der Waals surface area (Å²) in [6.07, 6.45) is 0.562. The molecule has 4 nitrogen and oxygen atoms in total. The highest BCUT2D eigenvalue weighted by Crippen LogP contribution is 2.28. The summed E-state index contributed by atoms with van der Waals surface area (Å²) in [4.78, 5) is 15.7. The smallest absolute Gasteiger partial charge is 0.251 e. The van der Waals surface area contributed by atoms with Crippen molar-refractivity contribution < 1.29 is 13.6 Å². The van der Waals surface area contributed by atoms with Gasteiger partial charge in [0.05, 0.1) is 11.1 Å². The number of H-pyrrole nitrogens is 1. The largest absolute Gasteiger partial charge is 0.356 e. The van der Waals surface area contributed by atoms with Gasteiger partial charge >= 0.3 is 0 Å². The highest BCUT2D eigenvalue weighted by Gasteiger charge is 2.15. The first-order chi connectivity index (χ1) is 15.4. The van der Waals surface area contributed by atoms with Gasteiger partial charge in [0.25, 0.3) is 5.91 Å². The van der Waals surface area contributed by atoms with Crippen LogP contribution in [0.1, 0.15) is 32.7 Å². The minimum atomic E-state index is -0.576. The Morgan fingerprint density at radius 3 is 2.53 bits per heavy atom. The molecular weight excluding hydrogens is 408 g/mol. The number of fused-ring (bicyclic) bond motifs is 1. The Morgan fingerprint density at radius 1 is 1.06 bits per heavy atom.